The Labute approximate surface area is 90.1 Å². The summed E-state index contributed by atoms with van der Waals surface area (Å²) in [6, 6.07) is 6.13. The maximum absolute atomic E-state index is 9.48. The Balaban J connectivity index is 2.12. The highest BCUT2D eigenvalue weighted by Crippen LogP contribution is 2.50. The van der Waals surface area contributed by atoms with E-state index >= 15 is 0 Å². The highest BCUT2D eigenvalue weighted by Gasteiger charge is 2.46. The van der Waals surface area contributed by atoms with E-state index in [1.807, 2.05) is 6.07 Å². The number of hydrogen-bond acceptors (Lipinski definition) is 2. The lowest BCUT2D eigenvalue weighted by molar-refractivity contribution is 0.176. The number of rotatable bonds is 0. The van der Waals surface area contributed by atoms with Crippen molar-refractivity contribution >= 4 is 0 Å². The molecular weight excluding hydrogens is 186 g/mol. The maximum Gasteiger partial charge on any atom is 0.115 e. The van der Waals surface area contributed by atoms with E-state index in [0.29, 0.717) is 11.8 Å². The quantitative estimate of drug-likeness (QED) is 0.678. The molecule has 2 heteroatoms. The fourth-order valence-electron chi connectivity index (χ4n) is 3.26. The van der Waals surface area contributed by atoms with Crippen LogP contribution in [0.1, 0.15) is 36.8 Å². The summed E-state index contributed by atoms with van der Waals surface area (Å²) in [6.07, 6.45) is 5.84. The number of fused-ring (bicyclic) bond motifs is 2. The minimum Gasteiger partial charge on any atom is -0.508 e. The van der Waals surface area contributed by atoms with Gasteiger partial charge in [-0.25, -0.2) is 0 Å². The molecule has 3 rings (SSSR count). The second kappa shape index (κ2) is 2.99. The summed E-state index contributed by atoms with van der Waals surface area (Å²) < 4.78 is 0. The van der Waals surface area contributed by atoms with Crippen molar-refractivity contribution < 1.29 is 5.11 Å². The zero-order valence-electron chi connectivity index (χ0n) is 8.87. The lowest BCUT2D eigenvalue weighted by atomic mass is 9.56. The van der Waals surface area contributed by atoms with E-state index in [1.54, 1.807) is 6.07 Å². The van der Waals surface area contributed by atoms with E-state index < -0.39 is 0 Å². The van der Waals surface area contributed by atoms with Gasteiger partial charge in [-0.1, -0.05) is 12.5 Å². The van der Waals surface area contributed by atoms with E-state index in [9.17, 15) is 5.11 Å². The average Bonchev–Trinajstić information content (AvgIpc) is 2.15. The fraction of sp³-hybridized carbons (Fsp3) is 0.538. The Kier molecular flexibility index (Phi) is 1.84. The summed E-state index contributed by atoms with van der Waals surface area (Å²) in [5, 5.41) is 9.48. The number of phenolic OH excluding ortho intramolecular Hbond substituents is 1. The van der Waals surface area contributed by atoms with Gasteiger partial charge in [0, 0.05) is 11.5 Å². The molecular formula is C13H17NO. The smallest absolute Gasteiger partial charge is 0.115 e. The van der Waals surface area contributed by atoms with Crippen molar-refractivity contribution in [3.8, 4) is 5.75 Å². The number of aromatic hydroxyl groups is 1. The molecule has 1 aromatic carbocycles. The van der Waals surface area contributed by atoms with Crippen LogP contribution in [0.5, 0.6) is 5.75 Å². The fourth-order valence-corrected chi connectivity index (χ4v) is 3.26. The van der Waals surface area contributed by atoms with Gasteiger partial charge in [0.2, 0.25) is 0 Å². The summed E-state index contributed by atoms with van der Waals surface area (Å²) in [5.41, 5.74) is 9.24. The number of aryl methyl sites for hydroxylation is 1. The van der Waals surface area contributed by atoms with Gasteiger partial charge in [-0.15, -0.1) is 0 Å². The summed E-state index contributed by atoms with van der Waals surface area (Å²) in [4.78, 5) is 0. The molecule has 1 saturated carbocycles. The van der Waals surface area contributed by atoms with E-state index in [0.717, 1.165) is 12.8 Å². The van der Waals surface area contributed by atoms with Gasteiger partial charge in [-0.05, 0) is 48.9 Å². The Morgan fingerprint density at radius 1 is 1.33 bits per heavy atom. The largest absolute Gasteiger partial charge is 0.508 e. The summed E-state index contributed by atoms with van der Waals surface area (Å²) in [5.74, 6) is 0.388. The third-order valence-electron chi connectivity index (χ3n) is 4.31. The lowest BCUT2D eigenvalue weighted by Crippen LogP contribution is -2.53. The monoisotopic (exact) mass is 203 g/mol. The molecule has 1 atom stereocenters. The maximum atomic E-state index is 9.48. The van der Waals surface area contributed by atoms with Crippen LogP contribution in [0.15, 0.2) is 18.2 Å². The molecule has 2 nitrogen and oxygen atoms in total. The first-order chi connectivity index (χ1) is 7.22. The van der Waals surface area contributed by atoms with Crippen LogP contribution >= 0.6 is 0 Å². The molecule has 3 N–H and O–H groups in total. The van der Waals surface area contributed by atoms with Crippen LogP contribution in [0.4, 0.5) is 0 Å². The molecule has 0 amide bonds. The number of benzene rings is 1. The third-order valence-corrected chi connectivity index (χ3v) is 4.31. The highest BCUT2D eigenvalue weighted by atomic mass is 16.3. The zero-order chi connectivity index (χ0) is 10.5. The number of phenols is 1. The van der Waals surface area contributed by atoms with Gasteiger partial charge in [0.05, 0.1) is 0 Å². The van der Waals surface area contributed by atoms with Gasteiger partial charge >= 0.3 is 0 Å². The Morgan fingerprint density at radius 3 is 2.80 bits per heavy atom. The highest BCUT2D eigenvalue weighted by molar-refractivity contribution is 5.44. The lowest BCUT2D eigenvalue weighted by Gasteiger charge is -2.50. The van der Waals surface area contributed by atoms with Crippen LogP contribution < -0.4 is 5.73 Å². The van der Waals surface area contributed by atoms with Crippen molar-refractivity contribution in [3.63, 3.8) is 0 Å². The summed E-state index contributed by atoms with van der Waals surface area (Å²) >= 11 is 0. The topological polar surface area (TPSA) is 46.2 Å². The van der Waals surface area contributed by atoms with Gasteiger partial charge in [0.25, 0.3) is 0 Å². The van der Waals surface area contributed by atoms with E-state index in [2.05, 4.69) is 6.07 Å². The SMILES string of the molecule is NC1CCc2cc(O)ccc2C12CCC2. The predicted molar refractivity (Wildman–Crippen MR) is 59.9 cm³/mol. The molecule has 0 saturated heterocycles. The molecule has 1 unspecified atom stereocenters. The first-order valence-electron chi connectivity index (χ1n) is 5.80. The molecule has 0 bridgehead atoms. The minimum atomic E-state index is 0.251. The van der Waals surface area contributed by atoms with Crippen LogP contribution in [0, 0.1) is 0 Å². The van der Waals surface area contributed by atoms with Gasteiger partial charge < -0.3 is 10.8 Å². The van der Waals surface area contributed by atoms with Crippen LogP contribution in [-0.2, 0) is 11.8 Å². The molecule has 0 aliphatic heterocycles. The van der Waals surface area contributed by atoms with Crippen molar-refractivity contribution in [1.82, 2.24) is 0 Å². The third kappa shape index (κ3) is 1.14. The molecule has 80 valence electrons. The second-order valence-electron chi connectivity index (χ2n) is 5.00. The van der Waals surface area contributed by atoms with Gasteiger partial charge in [0.15, 0.2) is 0 Å². The number of nitrogens with two attached hydrogens (primary N) is 1. The first-order valence-corrected chi connectivity index (χ1v) is 5.80. The van der Waals surface area contributed by atoms with Crippen LogP contribution in [-0.4, -0.2) is 11.1 Å². The zero-order valence-corrected chi connectivity index (χ0v) is 8.87. The molecule has 1 spiro atoms. The van der Waals surface area contributed by atoms with Crippen molar-refractivity contribution in [3.05, 3.63) is 29.3 Å². The molecule has 0 heterocycles. The second-order valence-corrected chi connectivity index (χ2v) is 5.00. The van der Waals surface area contributed by atoms with Crippen molar-refractivity contribution in [2.24, 2.45) is 5.73 Å². The van der Waals surface area contributed by atoms with Crippen LogP contribution in [0.2, 0.25) is 0 Å². The molecule has 1 fully saturated rings. The Bertz CT molecular complexity index is 396. The Hall–Kier alpha value is -1.02. The van der Waals surface area contributed by atoms with E-state index in [4.69, 9.17) is 5.73 Å². The van der Waals surface area contributed by atoms with Gasteiger partial charge in [-0.3, -0.25) is 0 Å². The van der Waals surface area contributed by atoms with Crippen LogP contribution in [0.25, 0.3) is 0 Å². The minimum absolute atomic E-state index is 0.251. The molecule has 2 aliphatic rings. The Morgan fingerprint density at radius 2 is 2.13 bits per heavy atom. The average molecular weight is 203 g/mol. The standard InChI is InChI=1S/C13H17NO/c14-12-5-2-9-8-10(15)3-4-11(9)13(12)6-1-7-13/h3-4,8,12,15H,1-2,5-7,14H2. The molecule has 2 aliphatic carbocycles. The van der Waals surface area contributed by atoms with Gasteiger partial charge in [0.1, 0.15) is 5.75 Å². The van der Waals surface area contributed by atoms with Crippen LogP contribution in [0.3, 0.4) is 0 Å². The summed E-state index contributed by atoms with van der Waals surface area (Å²) in [7, 11) is 0. The van der Waals surface area contributed by atoms with Crippen molar-refractivity contribution in [2.45, 2.75) is 43.6 Å². The molecule has 0 radical (unpaired) electrons. The van der Waals surface area contributed by atoms with Crippen molar-refractivity contribution in [1.29, 1.82) is 0 Å². The predicted octanol–water partition coefficient (Wildman–Crippen LogP) is 2.09. The van der Waals surface area contributed by atoms with Gasteiger partial charge in [-0.2, -0.15) is 0 Å². The normalized spacial score (nSPS) is 27.1. The molecule has 0 aromatic heterocycles. The van der Waals surface area contributed by atoms with E-state index in [-0.39, 0.29) is 5.41 Å². The first kappa shape index (κ1) is 9.22. The summed E-state index contributed by atoms with van der Waals surface area (Å²) in [6.45, 7) is 0. The molecule has 15 heavy (non-hydrogen) atoms. The van der Waals surface area contributed by atoms with Crippen molar-refractivity contribution in [2.75, 3.05) is 0 Å². The number of hydrogen-bond donors (Lipinski definition) is 2. The van der Waals surface area contributed by atoms with E-state index in [1.165, 1.54) is 30.4 Å². The molecule has 1 aromatic rings.